The minimum absolute atomic E-state index is 0.137. The van der Waals surface area contributed by atoms with Crippen molar-refractivity contribution in [3.63, 3.8) is 0 Å². The summed E-state index contributed by atoms with van der Waals surface area (Å²) in [5.41, 5.74) is 0. The summed E-state index contributed by atoms with van der Waals surface area (Å²) in [5.74, 6) is 0.384. The van der Waals surface area contributed by atoms with E-state index in [-0.39, 0.29) is 23.1 Å². The van der Waals surface area contributed by atoms with Crippen LogP contribution >= 0.6 is 30.0 Å². The Labute approximate surface area is 125 Å². The van der Waals surface area contributed by atoms with E-state index in [1.54, 1.807) is 13.0 Å². The molecule has 1 aromatic rings. The number of halogens is 2. The van der Waals surface area contributed by atoms with Gasteiger partial charge in [-0.15, -0.1) is 0 Å². The molecule has 0 N–H and O–H groups in total. The lowest BCUT2D eigenvalue weighted by molar-refractivity contribution is 0.294. The maximum atomic E-state index is 12.5. The van der Waals surface area contributed by atoms with E-state index in [2.05, 4.69) is 0 Å². The van der Waals surface area contributed by atoms with Crippen LogP contribution in [0.3, 0.4) is 0 Å². The van der Waals surface area contributed by atoms with Crippen LogP contribution in [-0.4, -0.2) is 16.6 Å². The maximum absolute atomic E-state index is 12.5. The van der Waals surface area contributed by atoms with Gasteiger partial charge in [-0.1, -0.05) is 30.1 Å². The van der Waals surface area contributed by atoms with Gasteiger partial charge in [0.2, 0.25) is 0 Å². The molecule has 1 rings (SSSR count). The Bertz CT molecular complexity index is 509. The van der Waals surface area contributed by atoms with Gasteiger partial charge in [-0.2, -0.15) is 0 Å². The zero-order valence-electron chi connectivity index (χ0n) is 10.6. The Morgan fingerprint density at radius 1 is 1.32 bits per heavy atom. The molecule has 0 aromatic heterocycles. The van der Waals surface area contributed by atoms with E-state index in [1.807, 2.05) is 6.92 Å². The summed E-state index contributed by atoms with van der Waals surface area (Å²) in [6.45, 7) is -0.117. The van der Waals surface area contributed by atoms with E-state index < -0.39 is 17.2 Å². The molecule has 0 spiro atoms. The minimum Gasteiger partial charge on any atom is -0.414 e. The topological polar surface area (TPSA) is 52.6 Å². The van der Waals surface area contributed by atoms with Crippen LogP contribution in [0, 0.1) is 0 Å². The van der Waals surface area contributed by atoms with Crippen LogP contribution in [-0.2, 0) is 19.5 Å². The molecular weight excluding hydrogens is 330 g/mol. The molecule has 0 heterocycles. The summed E-state index contributed by atoms with van der Waals surface area (Å²) in [7, 11) is -1.72. The van der Waals surface area contributed by atoms with E-state index in [1.165, 1.54) is 12.1 Å². The summed E-state index contributed by atoms with van der Waals surface area (Å²) in [6, 6.07) is 4.47. The molecule has 8 heteroatoms. The molecule has 2 atom stereocenters. The van der Waals surface area contributed by atoms with Crippen molar-refractivity contribution in [1.82, 2.24) is 0 Å². The summed E-state index contributed by atoms with van der Waals surface area (Å²) >= 11 is 11.7. The molecule has 2 unspecified atom stereocenters. The van der Waals surface area contributed by atoms with Crippen LogP contribution in [0.5, 0.6) is 5.75 Å². The fourth-order valence-corrected chi connectivity index (χ4v) is 5.66. The molecule has 19 heavy (non-hydrogen) atoms. The van der Waals surface area contributed by atoms with Gasteiger partial charge in [-0.25, -0.2) is 8.77 Å². The highest BCUT2D eigenvalue weighted by molar-refractivity contribution is 8.45. The molecule has 108 valence electrons. The normalized spacial score (nSPS) is 15.8. The monoisotopic (exact) mass is 344 g/mol. The van der Waals surface area contributed by atoms with Gasteiger partial charge >= 0.3 is 6.80 Å². The average molecular weight is 345 g/mol. The predicted molar refractivity (Wildman–Crippen MR) is 79.6 cm³/mol. The van der Waals surface area contributed by atoms with Gasteiger partial charge in [-0.05, 0) is 31.5 Å². The first-order chi connectivity index (χ1) is 8.92. The van der Waals surface area contributed by atoms with Crippen LogP contribution in [0.1, 0.15) is 20.3 Å². The third-order valence-corrected chi connectivity index (χ3v) is 7.38. The molecule has 0 radical (unpaired) electrons. The van der Waals surface area contributed by atoms with Crippen LogP contribution in [0.2, 0.25) is 10.0 Å². The van der Waals surface area contributed by atoms with E-state index in [0.29, 0.717) is 11.4 Å². The molecule has 0 saturated carbocycles. The molecular formula is C11H15Cl2O4PS. The standard InChI is InChI=1S/C11H15Cl2O4PS/c1-3-7-19(15)18(14,16-4-2)17-11-6-5-9(12)8-10(11)13/h5-6,8H,3-4,7H2,1-2H3. The third kappa shape index (κ3) is 4.76. The second-order valence-corrected chi connectivity index (χ2v) is 9.35. The molecule has 0 amide bonds. The SMILES string of the molecule is CCCS(=O)P(=O)(OCC)Oc1ccc(Cl)cc1Cl. The second kappa shape index (κ2) is 7.65. The highest BCUT2D eigenvalue weighted by Gasteiger charge is 2.34. The Morgan fingerprint density at radius 3 is 2.53 bits per heavy atom. The molecule has 0 aliphatic heterocycles. The van der Waals surface area contributed by atoms with Crippen molar-refractivity contribution >= 4 is 40.4 Å². The molecule has 0 bridgehead atoms. The molecule has 0 aliphatic rings. The van der Waals surface area contributed by atoms with Crippen molar-refractivity contribution in [2.45, 2.75) is 20.3 Å². The Balaban J connectivity index is 3.01. The largest absolute Gasteiger partial charge is 0.469 e. The number of benzene rings is 1. The lowest BCUT2D eigenvalue weighted by Crippen LogP contribution is -2.07. The smallest absolute Gasteiger partial charge is 0.414 e. The van der Waals surface area contributed by atoms with Gasteiger partial charge in [0.05, 0.1) is 11.6 Å². The lowest BCUT2D eigenvalue weighted by atomic mass is 10.3. The van der Waals surface area contributed by atoms with Crippen molar-refractivity contribution in [2.75, 3.05) is 12.4 Å². The quantitative estimate of drug-likeness (QED) is 0.674. The first-order valence-electron chi connectivity index (χ1n) is 5.71. The van der Waals surface area contributed by atoms with Gasteiger partial charge in [0.1, 0.15) is 16.2 Å². The summed E-state index contributed by atoms with van der Waals surface area (Å²) in [4.78, 5) is 0. The molecule has 0 saturated heterocycles. The van der Waals surface area contributed by atoms with E-state index in [4.69, 9.17) is 32.2 Å². The Morgan fingerprint density at radius 2 is 2.00 bits per heavy atom. The van der Waals surface area contributed by atoms with Crippen LogP contribution < -0.4 is 4.52 Å². The van der Waals surface area contributed by atoms with Gasteiger partial charge < -0.3 is 4.52 Å². The zero-order valence-corrected chi connectivity index (χ0v) is 13.8. The van der Waals surface area contributed by atoms with Crippen molar-refractivity contribution in [2.24, 2.45) is 0 Å². The van der Waals surface area contributed by atoms with Crippen molar-refractivity contribution in [3.8, 4) is 5.75 Å². The minimum atomic E-state index is -3.75. The Kier molecular flexibility index (Phi) is 6.84. The van der Waals surface area contributed by atoms with Crippen molar-refractivity contribution < 1.29 is 17.8 Å². The number of hydrogen-bond donors (Lipinski definition) is 0. The summed E-state index contributed by atoms with van der Waals surface area (Å²) in [5, 5.41) is 0.624. The summed E-state index contributed by atoms with van der Waals surface area (Å²) < 4.78 is 34.8. The average Bonchev–Trinajstić information content (AvgIpc) is 2.33. The number of hydrogen-bond acceptors (Lipinski definition) is 4. The van der Waals surface area contributed by atoms with Crippen LogP contribution in [0.15, 0.2) is 18.2 Å². The first-order valence-corrected chi connectivity index (χ1v) is 9.93. The fraction of sp³-hybridized carbons (Fsp3) is 0.455. The van der Waals surface area contributed by atoms with Crippen LogP contribution in [0.25, 0.3) is 0 Å². The fourth-order valence-electron chi connectivity index (χ4n) is 1.24. The predicted octanol–water partition coefficient (Wildman–Crippen LogP) is 4.68. The van der Waals surface area contributed by atoms with Crippen molar-refractivity contribution in [1.29, 1.82) is 0 Å². The molecule has 0 aliphatic carbocycles. The second-order valence-electron chi connectivity index (χ2n) is 3.56. The lowest BCUT2D eigenvalue weighted by Gasteiger charge is -2.18. The first kappa shape index (κ1) is 17.0. The Hall–Kier alpha value is -0.0600. The van der Waals surface area contributed by atoms with Gasteiger partial charge in [-0.3, -0.25) is 4.52 Å². The summed E-state index contributed by atoms with van der Waals surface area (Å²) in [6.07, 6.45) is 0.612. The number of rotatable bonds is 7. The van der Waals surface area contributed by atoms with Crippen LogP contribution in [0.4, 0.5) is 0 Å². The highest BCUT2D eigenvalue weighted by Crippen LogP contribution is 2.53. The van der Waals surface area contributed by atoms with Gasteiger partial charge in [0.15, 0.2) is 0 Å². The third-order valence-electron chi connectivity index (χ3n) is 2.02. The van der Waals surface area contributed by atoms with E-state index >= 15 is 0 Å². The van der Waals surface area contributed by atoms with Crippen molar-refractivity contribution in [3.05, 3.63) is 28.2 Å². The maximum Gasteiger partial charge on any atom is 0.469 e. The van der Waals surface area contributed by atoms with Gasteiger partial charge in [0, 0.05) is 10.8 Å². The highest BCUT2D eigenvalue weighted by atomic mass is 35.5. The van der Waals surface area contributed by atoms with E-state index in [0.717, 1.165) is 0 Å². The molecule has 1 aromatic carbocycles. The van der Waals surface area contributed by atoms with E-state index in [9.17, 15) is 8.77 Å². The zero-order chi connectivity index (χ0) is 14.5. The molecule has 0 fully saturated rings. The van der Waals surface area contributed by atoms with Gasteiger partial charge in [0.25, 0.3) is 0 Å². The molecule has 4 nitrogen and oxygen atoms in total.